The first-order chi connectivity index (χ1) is 11.2. The Hall–Kier alpha value is -2.04. The molecule has 0 fully saturated rings. The lowest BCUT2D eigenvalue weighted by Gasteiger charge is -2.12. The molecule has 4 rings (SSSR count). The molecule has 23 heavy (non-hydrogen) atoms. The van der Waals surface area contributed by atoms with E-state index in [0.29, 0.717) is 11.6 Å². The molecule has 0 saturated heterocycles. The number of aromatic nitrogens is 2. The molecule has 0 atom stereocenters. The van der Waals surface area contributed by atoms with Crippen molar-refractivity contribution in [2.24, 2.45) is 4.99 Å². The lowest BCUT2D eigenvalue weighted by atomic mass is 9.95. The molecule has 1 aliphatic heterocycles. The van der Waals surface area contributed by atoms with E-state index in [4.69, 9.17) is 16.6 Å². The Bertz CT molecular complexity index is 937. The predicted molar refractivity (Wildman–Crippen MR) is 94.8 cm³/mol. The van der Waals surface area contributed by atoms with Crippen molar-refractivity contribution in [3.63, 3.8) is 0 Å². The molecule has 0 unspecified atom stereocenters. The number of hydrogen-bond acceptors (Lipinski definition) is 3. The maximum Gasteiger partial charge on any atom is 0.198 e. The van der Waals surface area contributed by atoms with Crippen LogP contribution >= 0.6 is 27.5 Å². The van der Waals surface area contributed by atoms with Crippen molar-refractivity contribution in [3.8, 4) is 11.3 Å². The van der Waals surface area contributed by atoms with Gasteiger partial charge in [0.15, 0.2) is 6.33 Å². The largest absolute Gasteiger partial charge is 0.279 e. The first-order valence-corrected chi connectivity index (χ1v) is 8.23. The summed E-state index contributed by atoms with van der Waals surface area (Å²) in [4.78, 5) is 13.2. The molecule has 0 N–H and O–H groups in total. The molecule has 0 spiro atoms. The fourth-order valence-electron chi connectivity index (χ4n) is 2.72. The molecular weight excluding hydrogens is 374 g/mol. The third kappa shape index (κ3) is 2.58. The van der Waals surface area contributed by atoms with Gasteiger partial charge in [-0.1, -0.05) is 51.8 Å². The Morgan fingerprint density at radius 1 is 1.04 bits per heavy atom. The van der Waals surface area contributed by atoms with E-state index < -0.39 is 0 Å². The number of rotatable bonds is 1. The van der Waals surface area contributed by atoms with E-state index in [2.05, 4.69) is 32.2 Å². The molecule has 2 aromatic carbocycles. The molecule has 1 aliphatic rings. The summed E-state index contributed by atoms with van der Waals surface area (Å²) in [5.74, 6) is 0. The number of nitrogens with zero attached hydrogens (tertiary/aromatic N) is 3. The smallest absolute Gasteiger partial charge is 0.198 e. The van der Waals surface area contributed by atoms with Crippen molar-refractivity contribution in [1.29, 1.82) is 0 Å². The summed E-state index contributed by atoms with van der Waals surface area (Å²) in [7, 11) is 0. The third-order valence-electron chi connectivity index (χ3n) is 3.77. The maximum atomic E-state index is 6.24. The second kappa shape index (κ2) is 5.87. The normalized spacial score (nSPS) is 12.9. The summed E-state index contributed by atoms with van der Waals surface area (Å²) in [6.07, 6.45) is 4.45. The molecule has 0 aliphatic carbocycles. The van der Waals surface area contributed by atoms with Crippen molar-refractivity contribution < 1.29 is 0 Å². The number of aliphatic imine (C=N–C) groups is 1. The van der Waals surface area contributed by atoms with Crippen molar-refractivity contribution in [2.45, 2.75) is 6.54 Å². The Kier molecular flexibility index (Phi) is 3.71. The van der Waals surface area contributed by atoms with E-state index >= 15 is 0 Å². The summed E-state index contributed by atoms with van der Waals surface area (Å²) in [5, 5.41) is 0.671. The van der Waals surface area contributed by atoms with Gasteiger partial charge in [0.25, 0.3) is 0 Å². The van der Waals surface area contributed by atoms with Crippen LogP contribution in [0.2, 0.25) is 5.02 Å². The zero-order valence-corrected chi connectivity index (χ0v) is 14.3. The van der Waals surface area contributed by atoms with E-state index in [0.717, 1.165) is 38.1 Å². The van der Waals surface area contributed by atoms with Gasteiger partial charge in [0.05, 0.1) is 18.0 Å². The number of benzene rings is 2. The van der Waals surface area contributed by atoms with Crippen LogP contribution in [0.15, 0.2) is 58.1 Å². The van der Waals surface area contributed by atoms with Crippen LogP contribution in [0, 0.1) is 6.33 Å². The SMILES string of the molecule is Clc1ccc2c(c1)C(c1ccccc1Br)=NCc1cn[c]nc1-2. The molecule has 0 amide bonds. The van der Waals surface area contributed by atoms with Gasteiger partial charge >= 0.3 is 0 Å². The molecule has 3 nitrogen and oxygen atoms in total. The number of fused-ring (bicyclic) bond motifs is 3. The van der Waals surface area contributed by atoms with Gasteiger partial charge in [-0.3, -0.25) is 4.99 Å². The lowest BCUT2D eigenvalue weighted by Crippen LogP contribution is -2.05. The Labute approximate surface area is 147 Å². The van der Waals surface area contributed by atoms with E-state index in [-0.39, 0.29) is 0 Å². The fraction of sp³-hybridized carbons (Fsp3) is 0.0556. The van der Waals surface area contributed by atoms with E-state index in [9.17, 15) is 0 Å². The Balaban J connectivity index is 2.02. The molecule has 0 saturated carbocycles. The minimum atomic E-state index is 0.521. The lowest BCUT2D eigenvalue weighted by molar-refractivity contribution is 1.01. The highest BCUT2D eigenvalue weighted by Gasteiger charge is 2.21. The van der Waals surface area contributed by atoms with E-state index in [1.807, 2.05) is 42.5 Å². The van der Waals surface area contributed by atoms with Crippen molar-refractivity contribution in [3.05, 3.63) is 81.2 Å². The monoisotopic (exact) mass is 382 g/mol. The molecule has 111 valence electrons. The molecule has 5 heteroatoms. The Morgan fingerprint density at radius 3 is 2.78 bits per heavy atom. The maximum absolute atomic E-state index is 6.24. The zero-order valence-electron chi connectivity index (χ0n) is 11.9. The first kappa shape index (κ1) is 14.5. The quantitative estimate of drug-likeness (QED) is 0.610. The topological polar surface area (TPSA) is 38.1 Å². The minimum Gasteiger partial charge on any atom is -0.279 e. The molecule has 1 radical (unpaired) electrons. The fourth-order valence-corrected chi connectivity index (χ4v) is 3.36. The summed E-state index contributed by atoms with van der Waals surface area (Å²) < 4.78 is 0.994. The summed E-state index contributed by atoms with van der Waals surface area (Å²) >= 11 is 9.86. The number of halogens is 2. The van der Waals surface area contributed by atoms with Gasteiger partial charge in [-0.25, -0.2) is 9.97 Å². The van der Waals surface area contributed by atoms with Crippen LogP contribution in [0.5, 0.6) is 0 Å². The molecule has 3 aromatic rings. The summed E-state index contributed by atoms with van der Waals surface area (Å²) in [6.45, 7) is 0.521. The predicted octanol–water partition coefficient (Wildman–Crippen LogP) is 4.71. The van der Waals surface area contributed by atoms with Crippen LogP contribution in [0.1, 0.15) is 16.7 Å². The standard InChI is InChI=1S/C18H10BrClN3/c19-16-4-2-1-3-14(16)18-15-7-12(20)5-6-13(15)17-11(9-22-18)8-21-10-23-17/h1-8H,9H2. The van der Waals surface area contributed by atoms with Crippen LogP contribution in [-0.2, 0) is 6.54 Å². The van der Waals surface area contributed by atoms with Gasteiger partial charge < -0.3 is 0 Å². The highest BCUT2D eigenvalue weighted by molar-refractivity contribution is 9.10. The number of hydrogen-bond donors (Lipinski definition) is 0. The highest BCUT2D eigenvalue weighted by atomic mass is 79.9. The van der Waals surface area contributed by atoms with Crippen LogP contribution in [0.3, 0.4) is 0 Å². The van der Waals surface area contributed by atoms with Crippen molar-refractivity contribution in [1.82, 2.24) is 9.97 Å². The zero-order chi connectivity index (χ0) is 15.8. The first-order valence-electron chi connectivity index (χ1n) is 7.05. The van der Waals surface area contributed by atoms with Gasteiger partial charge in [-0.15, -0.1) is 0 Å². The van der Waals surface area contributed by atoms with Gasteiger partial charge in [0.2, 0.25) is 0 Å². The summed E-state index contributed by atoms with van der Waals surface area (Å²) in [5.41, 5.74) is 5.73. The van der Waals surface area contributed by atoms with Gasteiger partial charge in [0.1, 0.15) is 0 Å². The van der Waals surface area contributed by atoms with Crippen LogP contribution < -0.4 is 0 Å². The summed E-state index contributed by atoms with van der Waals surface area (Å²) in [6, 6.07) is 13.8. The average Bonchev–Trinajstić information content (AvgIpc) is 2.72. The van der Waals surface area contributed by atoms with Crippen LogP contribution in [0.25, 0.3) is 11.3 Å². The van der Waals surface area contributed by atoms with Crippen molar-refractivity contribution >= 4 is 33.2 Å². The molecule has 0 bridgehead atoms. The van der Waals surface area contributed by atoms with Gasteiger partial charge in [0, 0.05) is 37.9 Å². The minimum absolute atomic E-state index is 0.521. The molecular formula is C18H10BrClN3. The Morgan fingerprint density at radius 2 is 1.91 bits per heavy atom. The third-order valence-corrected chi connectivity index (χ3v) is 4.70. The van der Waals surface area contributed by atoms with Gasteiger partial charge in [-0.05, 0) is 18.2 Å². The second-order valence-electron chi connectivity index (χ2n) is 5.18. The van der Waals surface area contributed by atoms with Crippen LogP contribution in [-0.4, -0.2) is 15.7 Å². The molecule has 2 heterocycles. The highest BCUT2D eigenvalue weighted by Crippen LogP contribution is 2.33. The van der Waals surface area contributed by atoms with E-state index in [1.165, 1.54) is 0 Å². The van der Waals surface area contributed by atoms with Crippen LogP contribution in [0.4, 0.5) is 0 Å². The van der Waals surface area contributed by atoms with E-state index in [1.54, 1.807) is 6.20 Å². The van der Waals surface area contributed by atoms with Crippen molar-refractivity contribution in [2.75, 3.05) is 0 Å². The average molecular weight is 384 g/mol. The second-order valence-corrected chi connectivity index (χ2v) is 6.47. The molecule has 1 aromatic heterocycles. The van der Waals surface area contributed by atoms with Gasteiger partial charge in [-0.2, -0.15) is 0 Å².